The number of nitrogens with one attached hydrogen (secondary N) is 1. The molecule has 0 radical (unpaired) electrons. The Labute approximate surface area is 94.0 Å². The van der Waals surface area contributed by atoms with Crippen LogP contribution >= 0.6 is 11.6 Å². The lowest BCUT2D eigenvalue weighted by atomic mass is 10.2. The lowest BCUT2D eigenvalue weighted by Crippen LogP contribution is -2.25. The van der Waals surface area contributed by atoms with Gasteiger partial charge in [-0.05, 0) is 24.6 Å². The SMILES string of the molecule is CC1NC(c2ccc(Cl)cc2)N(C)C1=O. The molecule has 0 aromatic heterocycles. The largest absolute Gasteiger partial charge is 0.325 e. The van der Waals surface area contributed by atoms with E-state index >= 15 is 0 Å². The summed E-state index contributed by atoms with van der Waals surface area (Å²) in [6, 6.07) is 7.42. The van der Waals surface area contributed by atoms with Gasteiger partial charge in [0.05, 0.1) is 6.04 Å². The standard InChI is InChI=1S/C11H13ClN2O/c1-7-11(15)14(2)10(13-7)8-3-5-9(12)6-4-8/h3-7,10,13H,1-2H3. The van der Waals surface area contributed by atoms with Crippen molar-refractivity contribution in [1.82, 2.24) is 10.2 Å². The molecule has 1 aromatic carbocycles. The van der Waals surface area contributed by atoms with Gasteiger partial charge in [0.15, 0.2) is 0 Å². The summed E-state index contributed by atoms with van der Waals surface area (Å²) in [6.07, 6.45) is -0.0373. The highest BCUT2D eigenvalue weighted by Gasteiger charge is 2.34. The van der Waals surface area contributed by atoms with Gasteiger partial charge in [0.25, 0.3) is 0 Å². The summed E-state index contributed by atoms with van der Waals surface area (Å²) in [4.78, 5) is 13.3. The van der Waals surface area contributed by atoms with Crippen molar-refractivity contribution in [2.75, 3.05) is 7.05 Å². The molecule has 2 unspecified atom stereocenters. The van der Waals surface area contributed by atoms with Gasteiger partial charge in [0.2, 0.25) is 5.91 Å². The van der Waals surface area contributed by atoms with Gasteiger partial charge in [-0.2, -0.15) is 0 Å². The first kappa shape index (κ1) is 10.5. The van der Waals surface area contributed by atoms with Crippen LogP contribution in [0.25, 0.3) is 0 Å². The van der Waals surface area contributed by atoms with Crippen LogP contribution in [-0.2, 0) is 4.79 Å². The quantitative estimate of drug-likeness (QED) is 0.789. The lowest BCUT2D eigenvalue weighted by molar-refractivity contribution is -0.128. The van der Waals surface area contributed by atoms with Crippen molar-refractivity contribution in [3.05, 3.63) is 34.9 Å². The Kier molecular flexibility index (Phi) is 2.67. The van der Waals surface area contributed by atoms with Crippen molar-refractivity contribution in [1.29, 1.82) is 0 Å². The normalized spacial score (nSPS) is 26.1. The Balaban J connectivity index is 2.25. The summed E-state index contributed by atoms with van der Waals surface area (Å²) < 4.78 is 0. The van der Waals surface area contributed by atoms with Gasteiger partial charge in [-0.15, -0.1) is 0 Å². The number of carbonyl (C=O) groups excluding carboxylic acids is 1. The van der Waals surface area contributed by atoms with Gasteiger partial charge in [0, 0.05) is 12.1 Å². The molecule has 15 heavy (non-hydrogen) atoms. The average Bonchev–Trinajstić information content (AvgIpc) is 2.47. The molecule has 1 aliphatic rings. The van der Waals surface area contributed by atoms with E-state index in [2.05, 4.69) is 5.32 Å². The molecule has 0 spiro atoms. The molecular formula is C11H13ClN2O. The highest BCUT2D eigenvalue weighted by atomic mass is 35.5. The zero-order valence-electron chi connectivity index (χ0n) is 8.70. The average molecular weight is 225 g/mol. The molecular weight excluding hydrogens is 212 g/mol. The molecule has 80 valence electrons. The second-order valence-corrected chi connectivity index (χ2v) is 4.23. The molecule has 4 heteroatoms. The summed E-state index contributed by atoms with van der Waals surface area (Å²) in [7, 11) is 1.80. The summed E-state index contributed by atoms with van der Waals surface area (Å²) in [5, 5.41) is 3.93. The Morgan fingerprint density at radius 2 is 1.93 bits per heavy atom. The second kappa shape index (κ2) is 3.83. The van der Waals surface area contributed by atoms with Crippen LogP contribution in [0, 0.1) is 0 Å². The smallest absolute Gasteiger partial charge is 0.240 e. The van der Waals surface area contributed by atoms with E-state index in [1.807, 2.05) is 31.2 Å². The maximum absolute atomic E-state index is 11.6. The predicted octanol–water partition coefficient (Wildman–Crippen LogP) is 1.79. The van der Waals surface area contributed by atoms with E-state index in [1.54, 1.807) is 11.9 Å². The summed E-state index contributed by atoms with van der Waals surface area (Å²) in [5.41, 5.74) is 1.06. The van der Waals surface area contributed by atoms with Crippen molar-refractivity contribution in [3.63, 3.8) is 0 Å². The van der Waals surface area contributed by atoms with E-state index in [0.29, 0.717) is 5.02 Å². The monoisotopic (exact) mass is 224 g/mol. The fourth-order valence-electron chi connectivity index (χ4n) is 1.82. The second-order valence-electron chi connectivity index (χ2n) is 3.79. The molecule has 1 saturated heterocycles. The van der Waals surface area contributed by atoms with E-state index in [-0.39, 0.29) is 18.1 Å². The van der Waals surface area contributed by atoms with Crippen LogP contribution in [0.4, 0.5) is 0 Å². The zero-order chi connectivity index (χ0) is 11.0. The van der Waals surface area contributed by atoms with Crippen molar-refractivity contribution < 1.29 is 4.79 Å². The molecule has 2 rings (SSSR count). The van der Waals surface area contributed by atoms with Gasteiger partial charge in [-0.25, -0.2) is 0 Å². The van der Waals surface area contributed by atoms with Crippen molar-refractivity contribution >= 4 is 17.5 Å². The predicted molar refractivity (Wildman–Crippen MR) is 59.6 cm³/mol. The van der Waals surface area contributed by atoms with E-state index in [9.17, 15) is 4.79 Å². The minimum atomic E-state index is -0.115. The summed E-state index contributed by atoms with van der Waals surface area (Å²) >= 11 is 5.81. The third kappa shape index (κ3) is 1.85. The van der Waals surface area contributed by atoms with Crippen molar-refractivity contribution in [2.24, 2.45) is 0 Å². The molecule has 1 heterocycles. The maximum Gasteiger partial charge on any atom is 0.240 e. The lowest BCUT2D eigenvalue weighted by Gasteiger charge is -2.19. The number of hydrogen-bond acceptors (Lipinski definition) is 2. The Morgan fingerprint density at radius 1 is 1.33 bits per heavy atom. The van der Waals surface area contributed by atoms with Crippen LogP contribution in [0.3, 0.4) is 0 Å². The number of carbonyl (C=O) groups is 1. The van der Waals surface area contributed by atoms with E-state index in [1.165, 1.54) is 0 Å². The van der Waals surface area contributed by atoms with Crippen LogP contribution < -0.4 is 5.32 Å². The number of halogens is 1. The highest BCUT2D eigenvalue weighted by Crippen LogP contribution is 2.24. The summed E-state index contributed by atoms with van der Waals surface area (Å²) in [6.45, 7) is 1.87. The minimum absolute atomic E-state index is 0.0373. The number of benzene rings is 1. The van der Waals surface area contributed by atoms with Gasteiger partial charge in [-0.1, -0.05) is 23.7 Å². The minimum Gasteiger partial charge on any atom is -0.325 e. The molecule has 0 aliphatic carbocycles. The topological polar surface area (TPSA) is 32.3 Å². The van der Waals surface area contributed by atoms with Gasteiger partial charge in [-0.3, -0.25) is 10.1 Å². The zero-order valence-corrected chi connectivity index (χ0v) is 9.45. The molecule has 0 bridgehead atoms. The molecule has 2 atom stereocenters. The molecule has 1 fully saturated rings. The number of hydrogen-bond donors (Lipinski definition) is 1. The van der Waals surface area contributed by atoms with E-state index < -0.39 is 0 Å². The first-order valence-corrected chi connectivity index (χ1v) is 5.25. The highest BCUT2D eigenvalue weighted by molar-refractivity contribution is 6.30. The maximum atomic E-state index is 11.6. The van der Waals surface area contributed by atoms with Crippen LogP contribution in [0.2, 0.25) is 5.02 Å². The molecule has 0 saturated carbocycles. The molecule has 1 aromatic rings. The number of nitrogens with zero attached hydrogens (tertiary/aromatic N) is 1. The van der Waals surface area contributed by atoms with E-state index in [0.717, 1.165) is 5.56 Å². The number of rotatable bonds is 1. The van der Waals surface area contributed by atoms with Crippen LogP contribution in [-0.4, -0.2) is 23.9 Å². The van der Waals surface area contributed by atoms with Gasteiger partial charge >= 0.3 is 0 Å². The van der Waals surface area contributed by atoms with E-state index in [4.69, 9.17) is 11.6 Å². The van der Waals surface area contributed by atoms with Crippen molar-refractivity contribution in [2.45, 2.75) is 19.1 Å². The summed E-state index contributed by atoms with van der Waals surface area (Å²) in [5.74, 6) is 0.120. The fourth-order valence-corrected chi connectivity index (χ4v) is 1.94. The third-order valence-electron chi connectivity index (χ3n) is 2.70. The Hall–Kier alpha value is -1.06. The van der Waals surface area contributed by atoms with Crippen LogP contribution in [0.15, 0.2) is 24.3 Å². The molecule has 1 aliphatic heterocycles. The van der Waals surface area contributed by atoms with Crippen LogP contribution in [0.5, 0.6) is 0 Å². The number of amides is 1. The molecule has 1 amide bonds. The first-order valence-electron chi connectivity index (χ1n) is 4.88. The van der Waals surface area contributed by atoms with Crippen LogP contribution in [0.1, 0.15) is 18.7 Å². The van der Waals surface area contributed by atoms with Gasteiger partial charge in [0.1, 0.15) is 6.17 Å². The molecule has 3 nitrogen and oxygen atoms in total. The van der Waals surface area contributed by atoms with Crippen molar-refractivity contribution in [3.8, 4) is 0 Å². The number of likely N-dealkylation sites (N-methyl/N-ethyl adjacent to an activating group) is 1. The Morgan fingerprint density at radius 3 is 2.40 bits per heavy atom. The van der Waals surface area contributed by atoms with Gasteiger partial charge < -0.3 is 4.90 Å². The Bertz CT molecular complexity index is 377. The molecule has 1 N–H and O–H groups in total. The third-order valence-corrected chi connectivity index (χ3v) is 2.95. The fraction of sp³-hybridized carbons (Fsp3) is 0.364. The first-order chi connectivity index (χ1) is 7.09.